The average molecular weight is 373 g/mol. The minimum absolute atomic E-state index is 0.269. The van der Waals surface area contributed by atoms with Gasteiger partial charge in [-0.15, -0.1) is 0 Å². The third-order valence-electron chi connectivity index (χ3n) is 4.31. The van der Waals surface area contributed by atoms with Crippen LogP contribution in [0.3, 0.4) is 0 Å². The van der Waals surface area contributed by atoms with E-state index < -0.39 is 18.4 Å². The summed E-state index contributed by atoms with van der Waals surface area (Å²) >= 11 is -2.04. The number of hydrogen-bond acceptors (Lipinski definition) is 1. The molecule has 2 heteroatoms. The van der Waals surface area contributed by atoms with Crippen LogP contribution in [-0.2, 0) is 4.79 Å². The third kappa shape index (κ3) is 8.88. The first-order valence-electron chi connectivity index (χ1n) is 8.29. The van der Waals surface area contributed by atoms with Crippen LogP contribution in [0.4, 0.5) is 0 Å². The van der Waals surface area contributed by atoms with E-state index in [2.05, 4.69) is 27.4 Å². The number of ketones is 1. The van der Waals surface area contributed by atoms with Crippen molar-refractivity contribution >= 4 is 24.2 Å². The van der Waals surface area contributed by atoms with E-state index in [0.29, 0.717) is 0 Å². The van der Waals surface area contributed by atoms with Crippen LogP contribution in [0, 0.1) is 0 Å². The van der Waals surface area contributed by atoms with Crippen molar-refractivity contribution in [3.05, 3.63) is 12.7 Å². The van der Waals surface area contributed by atoms with Gasteiger partial charge in [0.15, 0.2) is 0 Å². The van der Waals surface area contributed by atoms with Crippen molar-refractivity contribution in [3.63, 3.8) is 0 Å². The Morgan fingerprint density at radius 2 is 1.32 bits per heavy atom. The molecule has 0 radical (unpaired) electrons. The van der Waals surface area contributed by atoms with Crippen molar-refractivity contribution in [1.29, 1.82) is 0 Å². The van der Waals surface area contributed by atoms with Crippen LogP contribution in [0.25, 0.3) is 0 Å². The van der Waals surface area contributed by atoms with Gasteiger partial charge in [-0.25, -0.2) is 0 Å². The van der Waals surface area contributed by atoms with Crippen molar-refractivity contribution in [1.82, 2.24) is 0 Å². The maximum atomic E-state index is 11.6. The molecule has 0 saturated heterocycles. The van der Waals surface area contributed by atoms with Gasteiger partial charge in [-0.2, -0.15) is 0 Å². The molecule has 0 rings (SSSR count). The number of carbonyl (C=O) groups excluding carboxylic acids is 1. The average Bonchev–Trinajstić information content (AvgIpc) is 2.45. The van der Waals surface area contributed by atoms with E-state index in [0.717, 1.165) is 6.42 Å². The van der Waals surface area contributed by atoms with Gasteiger partial charge >= 0.3 is 125 Å². The molecular weight excluding hydrogens is 339 g/mol. The molecule has 0 aliphatic carbocycles. The van der Waals surface area contributed by atoms with Crippen LogP contribution < -0.4 is 0 Å². The van der Waals surface area contributed by atoms with Crippen molar-refractivity contribution < 1.29 is 4.79 Å². The summed E-state index contributed by atoms with van der Waals surface area (Å²) < 4.78 is 5.81. The third-order valence-corrected chi connectivity index (χ3v) is 20.2. The van der Waals surface area contributed by atoms with Gasteiger partial charge in [-0.3, -0.25) is 0 Å². The second kappa shape index (κ2) is 12.0. The molecule has 0 spiro atoms. The second-order valence-electron chi connectivity index (χ2n) is 5.98. The summed E-state index contributed by atoms with van der Waals surface area (Å²) in [4.78, 5) is 11.6. The molecule has 0 amide bonds. The van der Waals surface area contributed by atoms with Crippen molar-refractivity contribution in [2.75, 3.05) is 0 Å². The van der Waals surface area contributed by atoms with E-state index in [4.69, 9.17) is 0 Å². The Morgan fingerprint density at radius 3 is 1.63 bits per heavy atom. The zero-order valence-electron chi connectivity index (χ0n) is 13.5. The fraction of sp³-hybridized carbons (Fsp3) is 0.824. The molecule has 0 unspecified atom stereocenters. The minimum atomic E-state index is -2.04. The fourth-order valence-corrected chi connectivity index (χ4v) is 18.8. The van der Waals surface area contributed by atoms with Crippen LogP contribution in [0.1, 0.15) is 65.7 Å². The number of unbranched alkanes of at least 4 members (excludes halogenated alkanes) is 3. The molecule has 0 heterocycles. The molecule has 112 valence electrons. The molecule has 0 saturated carbocycles. The molecule has 19 heavy (non-hydrogen) atoms. The maximum absolute atomic E-state index is 11.6. The van der Waals surface area contributed by atoms with E-state index in [9.17, 15) is 4.79 Å². The predicted molar refractivity (Wildman–Crippen MR) is 89.5 cm³/mol. The fourth-order valence-electron chi connectivity index (χ4n) is 2.90. The summed E-state index contributed by atoms with van der Waals surface area (Å²) in [5.74, 6) is 0.269. The molecule has 0 aromatic rings. The summed E-state index contributed by atoms with van der Waals surface area (Å²) in [6.45, 7) is 10.5. The van der Waals surface area contributed by atoms with Crippen LogP contribution in [-0.4, -0.2) is 24.2 Å². The van der Waals surface area contributed by atoms with Crippen LogP contribution in [0.2, 0.25) is 17.7 Å². The van der Waals surface area contributed by atoms with Gasteiger partial charge in [0.05, 0.1) is 0 Å². The summed E-state index contributed by atoms with van der Waals surface area (Å²) in [7, 11) is 0. The van der Waals surface area contributed by atoms with Gasteiger partial charge < -0.3 is 0 Å². The zero-order chi connectivity index (χ0) is 14.6. The first-order valence-corrected chi connectivity index (χ1v) is 16.4. The van der Waals surface area contributed by atoms with Gasteiger partial charge in [-0.1, -0.05) is 0 Å². The van der Waals surface area contributed by atoms with Crippen molar-refractivity contribution in [2.45, 2.75) is 83.5 Å². The Hall–Kier alpha value is 0.209. The molecule has 0 atom stereocenters. The Balaban J connectivity index is 4.64. The summed E-state index contributed by atoms with van der Waals surface area (Å²) in [5, 5.41) is 0. The Kier molecular flexibility index (Phi) is 12.1. The number of rotatable bonds is 13. The Bertz CT molecular complexity index is 226. The van der Waals surface area contributed by atoms with Crippen LogP contribution >= 0.6 is 0 Å². The van der Waals surface area contributed by atoms with E-state index in [1.807, 2.05) is 0 Å². The molecular formula is C17H34OSn. The Labute approximate surface area is 125 Å². The number of carbonyl (C=O) groups is 1. The monoisotopic (exact) mass is 374 g/mol. The molecule has 0 aromatic carbocycles. The standard InChI is InChI=1S/C5H7O.3C4H9.Sn/c1-3-5(6)4-2;3*1-3-4-2;/h3H,1-2,4H2;3*1,3-4H2,2H3;. The second-order valence-corrected chi connectivity index (χ2v) is 20.3. The summed E-state index contributed by atoms with van der Waals surface area (Å²) in [6, 6.07) is 0. The molecule has 0 aliphatic rings. The van der Waals surface area contributed by atoms with E-state index in [-0.39, 0.29) is 5.78 Å². The van der Waals surface area contributed by atoms with Crippen LogP contribution in [0.5, 0.6) is 0 Å². The van der Waals surface area contributed by atoms with Crippen molar-refractivity contribution in [2.24, 2.45) is 0 Å². The molecule has 0 aromatic heterocycles. The first-order chi connectivity index (χ1) is 9.14. The number of allylic oxidation sites excluding steroid dienone is 1. The SMILES string of the molecule is C=CC(=O)C[CH2][Sn]([CH2]CCC)([CH2]CCC)[CH2]CCC. The number of hydrogen-bond donors (Lipinski definition) is 0. The Morgan fingerprint density at radius 1 is 0.895 bits per heavy atom. The summed E-state index contributed by atoms with van der Waals surface area (Å²) in [6.07, 6.45) is 10.4. The first kappa shape index (κ1) is 19.2. The van der Waals surface area contributed by atoms with Gasteiger partial charge in [0.2, 0.25) is 0 Å². The molecule has 0 fully saturated rings. The van der Waals surface area contributed by atoms with Gasteiger partial charge in [-0.05, 0) is 0 Å². The zero-order valence-corrected chi connectivity index (χ0v) is 16.3. The molecule has 0 N–H and O–H groups in total. The van der Waals surface area contributed by atoms with E-state index >= 15 is 0 Å². The van der Waals surface area contributed by atoms with Gasteiger partial charge in [0.25, 0.3) is 0 Å². The normalized spacial score (nSPS) is 11.5. The van der Waals surface area contributed by atoms with E-state index in [1.54, 1.807) is 0 Å². The topological polar surface area (TPSA) is 17.1 Å². The van der Waals surface area contributed by atoms with Crippen molar-refractivity contribution in [3.8, 4) is 0 Å². The van der Waals surface area contributed by atoms with E-state index in [1.165, 1.54) is 62.3 Å². The molecule has 0 aliphatic heterocycles. The predicted octanol–water partition coefficient (Wildman–Crippen LogP) is 5.98. The molecule has 1 nitrogen and oxygen atoms in total. The van der Waals surface area contributed by atoms with Gasteiger partial charge in [0.1, 0.15) is 0 Å². The quantitative estimate of drug-likeness (QED) is 0.287. The molecule has 0 bridgehead atoms. The van der Waals surface area contributed by atoms with Crippen LogP contribution in [0.15, 0.2) is 12.7 Å². The van der Waals surface area contributed by atoms with Gasteiger partial charge in [0, 0.05) is 0 Å². The summed E-state index contributed by atoms with van der Waals surface area (Å²) in [5.41, 5.74) is 0.